The van der Waals surface area contributed by atoms with Gasteiger partial charge in [0.05, 0.1) is 33.4 Å². The van der Waals surface area contributed by atoms with Crippen LogP contribution in [0.2, 0.25) is 0 Å². The van der Waals surface area contributed by atoms with Crippen LogP contribution in [0.1, 0.15) is 157 Å². The Balaban J connectivity index is 1.01. The molecule has 80 heavy (non-hydrogen) atoms. The molecule has 2 fully saturated rings. The summed E-state index contributed by atoms with van der Waals surface area (Å²) in [5.41, 5.74) is 12.6. The maximum absolute atomic E-state index is 6.65. The number of aromatic nitrogens is 3. The van der Waals surface area contributed by atoms with Crippen molar-refractivity contribution >= 4 is 90.6 Å². The molecular formula is C71H83B2N3O4. The van der Waals surface area contributed by atoms with E-state index < -0.39 is 36.6 Å². The summed E-state index contributed by atoms with van der Waals surface area (Å²) >= 11 is 0. The highest BCUT2D eigenvalue weighted by Gasteiger charge is 2.53. The van der Waals surface area contributed by atoms with Gasteiger partial charge in [0, 0.05) is 79.1 Å². The van der Waals surface area contributed by atoms with E-state index in [9.17, 15) is 0 Å². The molecule has 0 bridgehead atoms. The molecule has 412 valence electrons. The molecule has 3 aromatic heterocycles. The van der Waals surface area contributed by atoms with Crippen molar-refractivity contribution in [3.05, 3.63) is 162 Å². The van der Waals surface area contributed by atoms with E-state index in [1.165, 1.54) is 112 Å². The molecule has 0 amide bonds. The van der Waals surface area contributed by atoms with E-state index in [-0.39, 0.29) is 5.92 Å². The number of hydrogen-bond acceptors (Lipinski definition) is 4. The molecule has 7 nitrogen and oxygen atoms in total. The molecule has 5 heterocycles. The van der Waals surface area contributed by atoms with Gasteiger partial charge in [0.2, 0.25) is 0 Å². The monoisotopic (exact) mass is 1060 g/mol. The first-order valence-electron chi connectivity index (χ1n) is 30.4. The highest BCUT2D eigenvalue weighted by atomic mass is 16.7. The first kappa shape index (κ1) is 54.5. The Hall–Kier alpha value is -6.09. The third kappa shape index (κ3) is 9.42. The minimum absolute atomic E-state index is 0.0361. The number of fused-ring (bicyclic) bond motifs is 9. The lowest BCUT2D eigenvalue weighted by Crippen LogP contribution is -2.41. The number of para-hydroxylation sites is 2. The third-order valence-corrected chi connectivity index (χ3v) is 19.6. The molecule has 2 unspecified atom stereocenters. The average Bonchev–Trinajstić information content (AvgIpc) is 4.06. The second-order valence-corrected chi connectivity index (χ2v) is 25.7. The summed E-state index contributed by atoms with van der Waals surface area (Å²) in [5.74, 6) is 1.24. The molecule has 0 radical (unpaired) electrons. The third-order valence-electron chi connectivity index (χ3n) is 19.6. The van der Waals surface area contributed by atoms with Crippen molar-refractivity contribution in [1.82, 2.24) is 13.7 Å². The largest absolute Gasteiger partial charge is 0.494 e. The zero-order chi connectivity index (χ0) is 55.9. The smallest absolute Gasteiger partial charge is 0.399 e. The Kier molecular flexibility index (Phi) is 14.3. The van der Waals surface area contributed by atoms with Crippen LogP contribution >= 0.6 is 0 Å². The Bertz CT molecular complexity index is 3660. The van der Waals surface area contributed by atoms with Gasteiger partial charge in [0.1, 0.15) is 0 Å². The van der Waals surface area contributed by atoms with Crippen LogP contribution in [0.4, 0.5) is 0 Å². The van der Waals surface area contributed by atoms with Crippen molar-refractivity contribution < 1.29 is 18.6 Å². The van der Waals surface area contributed by atoms with Gasteiger partial charge in [-0.05, 0) is 168 Å². The first-order valence-corrected chi connectivity index (χ1v) is 30.4. The topological polar surface area (TPSA) is 51.7 Å². The molecule has 10 aromatic rings. The fourth-order valence-corrected chi connectivity index (χ4v) is 13.2. The molecule has 2 saturated heterocycles. The molecule has 12 rings (SSSR count). The molecule has 0 spiro atoms. The van der Waals surface area contributed by atoms with E-state index >= 15 is 0 Å². The average molecular weight is 1060 g/mol. The summed E-state index contributed by atoms with van der Waals surface area (Å²) in [6.07, 6.45) is 9.87. The van der Waals surface area contributed by atoms with Gasteiger partial charge in [0.15, 0.2) is 0 Å². The van der Waals surface area contributed by atoms with E-state index in [1.807, 2.05) is 0 Å². The summed E-state index contributed by atoms with van der Waals surface area (Å²) in [5, 5.41) is 7.55. The summed E-state index contributed by atoms with van der Waals surface area (Å²) < 4.78 is 34.2. The summed E-state index contributed by atoms with van der Waals surface area (Å²) in [7, 11) is -0.982. The second kappa shape index (κ2) is 21.0. The molecule has 0 saturated carbocycles. The van der Waals surface area contributed by atoms with Gasteiger partial charge in [-0.3, -0.25) is 0 Å². The molecule has 2 atom stereocenters. The van der Waals surface area contributed by atoms with Gasteiger partial charge in [0.25, 0.3) is 0 Å². The predicted molar refractivity (Wildman–Crippen MR) is 339 cm³/mol. The first-order chi connectivity index (χ1) is 38.4. The standard InChI is InChI=1S/C71H83B2N3O4/c1-13-17-23-47(15-3)45-74-61-27-21-19-25-55(61)57-41-50(31-37-63(57)74)67(51-32-38-64-58(42-51)56-26-20-22-28-62(56)75(64)46-48(16-4)24-18-14-2)49-29-35-54(36-30-49)76-65-39-33-52(72-77-68(5,6)69(7,8)78-72)43-59(65)60-44-53(34-40-66(60)76)73-79-70(9,10)71(11,12)80-73/h19-22,25-44,47-48,67H,13-18,23-24,45-46H2,1-12H3. The van der Waals surface area contributed by atoms with E-state index in [4.69, 9.17) is 18.6 Å². The number of hydrogen-bond donors (Lipinski definition) is 0. The Morgan fingerprint density at radius 2 is 0.750 bits per heavy atom. The Morgan fingerprint density at radius 3 is 1.15 bits per heavy atom. The fourth-order valence-electron chi connectivity index (χ4n) is 13.2. The maximum atomic E-state index is 6.65. The molecule has 9 heteroatoms. The van der Waals surface area contributed by atoms with Gasteiger partial charge in [-0.15, -0.1) is 0 Å². The van der Waals surface area contributed by atoms with E-state index in [2.05, 4.69) is 242 Å². The van der Waals surface area contributed by atoms with Crippen LogP contribution in [0.3, 0.4) is 0 Å². The maximum Gasteiger partial charge on any atom is 0.494 e. The minimum atomic E-state index is -0.491. The highest BCUT2D eigenvalue weighted by Crippen LogP contribution is 2.43. The van der Waals surface area contributed by atoms with Crippen molar-refractivity contribution in [2.24, 2.45) is 11.8 Å². The van der Waals surface area contributed by atoms with Crippen LogP contribution in [-0.4, -0.2) is 50.3 Å². The van der Waals surface area contributed by atoms with Gasteiger partial charge in [-0.25, -0.2) is 0 Å². The highest BCUT2D eigenvalue weighted by molar-refractivity contribution is 6.63. The molecule has 2 aliphatic heterocycles. The van der Waals surface area contributed by atoms with Crippen LogP contribution in [0.25, 0.3) is 71.1 Å². The minimum Gasteiger partial charge on any atom is -0.399 e. The van der Waals surface area contributed by atoms with Crippen LogP contribution < -0.4 is 10.9 Å². The zero-order valence-corrected chi connectivity index (χ0v) is 49.8. The van der Waals surface area contributed by atoms with Crippen molar-refractivity contribution in [3.8, 4) is 5.69 Å². The predicted octanol–water partition coefficient (Wildman–Crippen LogP) is 17.2. The van der Waals surface area contributed by atoms with Crippen LogP contribution in [-0.2, 0) is 31.7 Å². The van der Waals surface area contributed by atoms with Crippen molar-refractivity contribution in [1.29, 1.82) is 0 Å². The number of benzene rings is 7. The SMILES string of the molecule is CCCCC(CC)Cn1c2ccccc2c2cc(C(c3ccc(-n4c5ccc(B6OC(C)(C)C(C)(C)O6)cc5c5cc(B6OC(C)(C)C(C)(C)O6)ccc54)cc3)c3ccc4c(c3)c3ccccc3n4CC(CC)CCCC)ccc21. The van der Waals surface area contributed by atoms with Gasteiger partial charge in [-0.1, -0.05) is 151 Å². The normalized spacial score (nSPS) is 18.0. The fraction of sp³-hybridized carbons (Fsp3) is 0.408. The van der Waals surface area contributed by atoms with Crippen molar-refractivity contribution in [2.75, 3.05) is 0 Å². The summed E-state index contributed by atoms with van der Waals surface area (Å²) in [6.45, 7) is 28.4. The van der Waals surface area contributed by atoms with Crippen molar-refractivity contribution in [3.63, 3.8) is 0 Å². The van der Waals surface area contributed by atoms with Crippen LogP contribution in [0, 0.1) is 11.8 Å². The lowest BCUT2D eigenvalue weighted by Gasteiger charge is -2.32. The van der Waals surface area contributed by atoms with Crippen LogP contribution in [0.5, 0.6) is 0 Å². The summed E-state index contributed by atoms with van der Waals surface area (Å²) in [4.78, 5) is 0. The van der Waals surface area contributed by atoms with Crippen molar-refractivity contribution in [2.45, 2.75) is 176 Å². The number of rotatable bonds is 18. The van der Waals surface area contributed by atoms with E-state index in [0.29, 0.717) is 11.8 Å². The number of unbranched alkanes of at least 4 members (excludes halogenated alkanes) is 2. The summed E-state index contributed by atoms with van der Waals surface area (Å²) in [6, 6.07) is 55.8. The second-order valence-electron chi connectivity index (χ2n) is 25.7. The quantitative estimate of drug-likeness (QED) is 0.0635. The Morgan fingerprint density at radius 1 is 0.388 bits per heavy atom. The van der Waals surface area contributed by atoms with Crippen LogP contribution in [0.15, 0.2) is 146 Å². The lowest BCUT2D eigenvalue weighted by molar-refractivity contribution is 0.00578. The molecule has 7 aromatic carbocycles. The zero-order valence-electron chi connectivity index (χ0n) is 49.8. The lowest BCUT2D eigenvalue weighted by atomic mass is 9.77. The molecule has 2 aliphatic rings. The molecular weight excluding hydrogens is 980 g/mol. The van der Waals surface area contributed by atoms with Gasteiger partial charge >= 0.3 is 14.2 Å². The molecule has 0 N–H and O–H groups in total. The van der Waals surface area contributed by atoms with E-state index in [1.54, 1.807) is 0 Å². The number of nitrogens with zero attached hydrogens (tertiary/aromatic N) is 3. The van der Waals surface area contributed by atoms with Gasteiger partial charge in [-0.2, -0.15) is 0 Å². The molecule has 0 aliphatic carbocycles. The van der Waals surface area contributed by atoms with E-state index in [0.717, 1.165) is 51.5 Å². The Labute approximate surface area is 476 Å². The van der Waals surface area contributed by atoms with Gasteiger partial charge < -0.3 is 32.3 Å².